The number of sulfonamides is 1. The van der Waals surface area contributed by atoms with E-state index in [0.29, 0.717) is 12.2 Å². The van der Waals surface area contributed by atoms with Crippen molar-refractivity contribution in [1.82, 2.24) is 9.73 Å². The normalized spacial score (nSPS) is 12.1. The summed E-state index contributed by atoms with van der Waals surface area (Å²) < 4.78 is 38.8. The van der Waals surface area contributed by atoms with Gasteiger partial charge in [0.15, 0.2) is 11.5 Å². The molecule has 0 bridgehead atoms. The molecule has 0 aromatic heterocycles. The molecule has 9 heteroatoms. The van der Waals surface area contributed by atoms with Gasteiger partial charge >= 0.3 is 0 Å². The lowest BCUT2D eigenvalue weighted by Gasteiger charge is -2.22. The first-order valence-corrected chi connectivity index (χ1v) is 13.7. The van der Waals surface area contributed by atoms with Crippen molar-refractivity contribution in [1.29, 1.82) is 0 Å². The maximum Gasteiger partial charge on any atom is 0.255 e. The van der Waals surface area contributed by atoms with Crippen LogP contribution in [0.3, 0.4) is 0 Å². The van der Waals surface area contributed by atoms with Crippen molar-refractivity contribution in [3.63, 3.8) is 0 Å². The highest BCUT2D eigenvalue weighted by Crippen LogP contribution is 2.30. The SMILES string of the molecule is COc1ccc(S(=O)(=O)N(CCc2ccccc2)CC(=O)N/N=C\c2ccc(C(C)(C)C)cc2)cc1OC. The van der Waals surface area contributed by atoms with Crippen LogP contribution in [-0.4, -0.2) is 52.2 Å². The van der Waals surface area contributed by atoms with Crippen LogP contribution < -0.4 is 14.9 Å². The topological polar surface area (TPSA) is 97.3 Å². The second-order valence-corrected chi connectivity index (χ2v) is 11.7. The number of hydrogen-bond acceptors (Lipinski definition) is 6. The molecule has 3 aromatic carbocycles. The van der Waals surface area contributed by atoms with Crippen molar-refractivity contribution in [3.05, 3.63) is 89.5 Å². The van der Waals surface area contributed by atoms with Gasteiger partial charge in [-0.05, 0) is 40.7 Å². The Morgan fingerprint density at radius 1 is 0.947 bits per heavy atom. The quantitative estimate of drug-likeness (QED) is 0.289. The predicted molar refractivity (Wildman–Crippen MR) is 149 cm³/mol. The molecule has 1 amide bonds. The molecule has 38 heavy (non-hydrogen) atoms. The van der Waals surface area contributed by atoms with Gasteiger partial charge in [-0.1, -0.05) is 75.4 Å². The summed E-state index contributed by atoms with van der Waals surface area (Å²) in [5.74, 6) is 0.137. The first-order chi connectivity index (χ1) is 18.0. The number of hydrazone groups is 1. The van der Waals surface area contributed by atoms with E-state index in [2.05, 4.69) is 31.3 Å². The summed E-state index contributed by atoms with van der Waals surface area (Å²) in [4.78, 5) is 12.8. The summed E-state index contributed by atoms with van der Waals surface area (Å²) in [6.07, 6.45) is 1.96. The van der Waals surface area contributed by atoms with E-state index in [4.69, 9.17) is 9.47 Å². The van der Waals surface area contributed by atoms with Crippen LogP contribution in [0, 0.1) is 0 Å². The van der Waals surface area contributed by atoms with E-state index in [1.165, 1.54) is 44.2 Å². The van der Waals surface area contributed by atoms with Crippen molar-refractivity contribution in [2.75, 3.05) is 27.3 Å². The molecule has 202 valence electrons. The van der Waals surface area contributed by atoms with Crippen molar-refractivity contribution in [3.8, 4) is 11.5 Å². The molecule has 0 fully saturated rings. The smallest absolute Gasteiger partial charge is 0.255 e. The number of carbonyl (C=O) groups is 1. The molecule has 0 aliphatic heterocycles. The highest BCUT2D eigenvalue weighted by atomic mass is 32.2. The van der Waals surface area contributed by atoms with Crippen molar-refractivity contribution >= 4 is 22.1 Å². The van der Waals surface area contributed by atoms with Gasteiger partial charge in [0.05, 0.1) is 31.9 Å². The van der Waals surface area contributed by atoms with Crippen LogP contribution >= 0.6 is 0 Å². The van der Waals surface area contributed by atoms with E-state index < -0.39 is 22.5 Å². The Morgan fingerprint density at radius 3 is 2.21 bits per heavy atom. The summed E-state index contributed by atoms with van der Waals surface area (Å²) in [6.45, 7) is 6.11. The number of ether oxygens (including phenoxy) is 2. The molecule has 0 radical (unpaired) electrons. The highest BCUT2D eigenvalue weighted by Gasteiger charge is 2.27. The summed E-state index contributed by atoms with van der Waals surface area (Å²) >= 11 is 0. The molecule has 0 aliphatic carbocycles. The Morgan fingerprint density at radius 2 is 1.61 bits per heavy atom. The minimum absolute atomic E-state index is 0.00143. The van der Waals surface area contributed by atoms with Gasteiger partial charge in [0.2, 0.25) is 10.0 Å². The van der Waals surface area contributed by atoms with Gasteiger partial charge in [0, 0.05) is 12.6 Å². The minimum atomic E-state index is -4.03. The van der Waals surface area contributed by atoms with E-state index in [1.807, 2.05) is 54.6 Å². The van der Waals surface area contributed by atoms with Crippen molar-refractivity contribution in [2.45, 2.75) is 37.5 Å². The van der Waals surface area contributed by atoms with Gasteiger partial charge < -0.3 is 9.47 Å². The van der Waals surface area contributed by atoms with E-state index >= 15 is 0 Å². The molecule has 0 saturated carbocycles. The molecule has 0 spiro atoms. The first-order valence-electron chi connectivity index (χ1n) is 12.2. The number of carbonyl (C=O) groups excluding carboxylic acids is 1. The molecule has 3 rings (SSSR count). The number of nitrogens with one attached hydrogen (secondary N) is 1. The van der Waals surface area contributed by atoms with Gasteiger partial charge in [-0.3, -0.25) is 4.79 Å². The predicted octanol–water partition coefficient (Wildman–Crippen LogP) is 4.39. The van der Waals surface area contributed by atoms with Crippen molar-refractivity contribution < 1.29 is 22.7 Å². The molecule has 0 saturated heterocycles. The third-order valence-electron chi connectivity index (χ3n) is 5.99. The van der Waals surface area contributed by atoms with Gasteiger partial charge in [-0.2, -0.15) is 9.41 Å². The lowest BCUT2D eigenvalue weighted by atomic mass is 9.87. The molecule has 0 unspecified atom stereocenters. The third-order valence-corrected chi connectivity index (χ3v) is 7.83. The standard InChI is InChI=1S/C29H35N3O5S/c1-29(2,3)24-13-11-23(12-14-24)20-30-31-28(33)21-32(18-17-22-9-7-6-8-10-22)38(34,35)25-15-16-26(36-4)27(19-25)37-5/h6-16,19-20H,17-18,21H2,1-5H3,(H,31,33)/b30-20-. The molecule has 8 nitrogen and oxygen atoms in total. The lowest BCUT2D eigenvalue weighted by molar-refractivity contribution is -0.121. The Balaban J connectivity index is 1.77. The van der Waals surface area contributed by atoms with Crippen LogP contribution in [0.15, 0.2) is 82.8 Å². The van der Waals surface area contributed by atoms with Gasteiger partial charge in [-0.25, -0.2) is 13.8 Å². The largest absolute Gasteiger partial charge is 0.493 e. The molecule has 0 heterocycles. The van der Waals surface area contributed by atoms with Crippen LogP contribution in [-0.2, 0) is 26.7 Å². The molecule has 0 aliphatic rings. The fourth-order valence-corrected chi connectivity index (χ4v) is 5.17. The number of methoxy groups -OCH3 is 2. The fraction of sp³-hybridized carbons (Fsp3) is 0.310. The van der Waals surface area contributed by atoms with Crippen LogP contribution in [0.2, 0.25) is 0 Å². The lowest BCUT2D eigenvalue weighted by Crippen LogP contribution is -2.40. The molecular formula is C29H35N3O5S. The maximum absolute atomic E-state index is 13.6. The number of rotatable bonds is 11. The Bertz CT molecular complexity index is 1350. The van der Waals surface area contributed by atoms with E-state index in [1.54, 1.807) is 0 Å². The fourth-order valence-electron chi connectivity index (χ4n) is 3.75. The van der Waals surface area contributed by atoms with E-state index in [9.17, 15) is 13.2 Å². The van der Waals surface area contributed by atoms with Crippen LogP contribution in [0.1, 0.15) is 37.5 Å². The monoisotopic (exact) mass is 537 g/mol. The minimum Gasteiger partial charge on any atom is -0.493 e. The Kier molecular flexibility index (Phi) is 9.66. The molecular weight excluding hydrogens is 502 g/mol. The Labute approximate surface area is 225 Å². The van der Waals surface area contributed by atoms with Crippen LogP contribution in [0.25, 0.3) is 0 Å². The summed E-state index contributed by atoms with van der Waals surface area (Å²) in [5, 5.41) is 4.03. The number of nitrogens with zero attached hydrogens (tertiary/aromatic N) is 2. The summed E-state index contributed by atoms with van der Waals surface area (Å²) in [5.41, 5.74) is 5.44. The number of hydrogen-bond donors (Lipinski definition) is 1. The van der Waals surface area contributed by atoms with Crippen LogP contribution in [0.5, 0.6) is 11.5 Å². The number of amides is 1. The zero-order valence-corrected chi connectivity index (χ0v) is 23.3. The Hall–Kier alpha value is -3.69. The molecule has 1 N–H and O–H groups in total. The zero-order valence-electron chi connectivity index (χ0n) is 22.5. The van der Waals surface area contributed by atoms with Crippen LogP contribution in [0.4, 0.5) is 0 Å². The summed E-state index contributed by atoms with van der Waals surface area (Å²) in [7, 11) is -1.13. The highest BCUT2D eigenvalue weighted by molar-refractivity contribution is 7.89. The van der Waals surface area contributed by atoms with Gasteiger partial charge in [0.25, 0.3) is 5.91 Å². The van der Waals surface area contributed by atoms with E-state index in [-0.39, 0.29) is 22.6 Å². The van der Waals surface area contributed by atoms with E-state index in [0.717, 1.165) is 15.4 Å². The van der Waals surface area contributed by atoms with Gasteiger partial charge in [-0.15, -0.1) is 0 Å². The molecule has 3 aromatic rings. The summed E-state index contributed by atoms with van der Waals surface area (Å²) in [6, 6.07) is 21.7. The first kappa shape index (κ1) is 28.9. The third kappa shape index (κ3) is 7.66. The number of benzene rings is 3. The average Bonchev–Trinajstić information content (AvgIpc) is 2.90. The second-order valence-electron chi connectivity index (χ2n) is 9.76. The zero-order chi connectivity index (χ0) is 27.8. The van der Waals surface area contributed by atoms with Gasteiger partial charge in [0.1, 0.15) is 0 Å². The maximum atomic E-state index is 13.6. The van der Waals surface area contributed by atoms with Crippen molar-refractivity contribution in [2.24, 2.45) is 5.10 Å². The average molecular weight is 538 g/mol. The molecule has 0 atom stereocenters. The second kappa shape index (κ2) is 12.7.